The quantitative estimate of drug-likeness (QED) is 0.113. The van der Waals surface area contributed by atoms with Gasteiger partial charge in [-0.05, 0) is 80.6 Å². The van der Waals surface area contributed by atoms with E-state index in [2.05, 4.69) is 16.0 Å². The number of carbonyl (C=O) groups excluding carboxylic acids is 1. The van der Waals surface area contributed by atoms with Crippen molar-refractivity contribution in [3.63, 3.8) is 0 Å². The van der Waals surface area contributed by atoms with Crippen LogP contribution in [0.3, 0.4) is 0 Å². The highest BCUT2D eigenvalue weighted by Gasteiger charge is 2.28. The molecule has 0 aliphatic carbocycles. The monoisotopic (exact) mass is 670 g/mol. The second-order valence-corrected chi connectivity index (χ2v) is 13.4. The molecule has 3 aromatic carbocycles. The largest absolute Gasteiger partial charge is 0.390 e. The van der Waals surface area contributed by atoms with Crippen molar-refractivity contribution in [1.29, 1.82) is 0 Å². The summed E-state index contributed by atoms with van der Waals surface area (Å²) in [6.07, 6.45) is 1.86. The number of hydrogen-bond donors (Lipinski definition) is 6. The van der Waals surface area contributed by atoms with Crippen LogP contribution in [0.15, 0.2) is 66.7 Å². The van der Waals surface area contributed by atoms with E-state index in [9.17, 15) is 19.0 Å². The van der Waals surface area contributed by atoms with Crippen LogP contribution >= 0.6 is 46.4 Å². The zero-order valence-corrected chi connectivity index (χ0v) is 27.3. The van der Waals surface area contributed by atoms with Gasteiger partial charge in [-0.3, -0.25) is 18.2 Å². The maximum absolute atomic E-state index is 13.6. The van der Waals surface area contributed by atoms with Crippen molar-refractivity contribution >= 4 is 63.7 Å². The molecule has 1 amide bonds. The second kappa shape index (κ2) is 16.7. The van der Waals surface area contributed by atoms with Crippen LogP contribution in [0.25, 0.3) is 0 Å². The molecule has 43 heavy (non-hydrogen) atoms. The Kier molecular flexibility index (Phi) is 13.7. The molecule has 0 unspecified atom stereocenters. The smallest absolute Gasteiger partial charge is 0.251 e. The normalized spacial score (nSPS) is 16.5. The number of nitrogens with one attached hydrogen (secondary N) is 3. The first-order valence-electron chi connectivity index (χ1n) is 14.3. The van der Waals surface area contributed by atoms with Gasteiger partial charge in [-0.25, -0.2) is 0 Å². The predicted molar refractivity (Wildman–Crippen MR) is 183 cm³/mol. The molecule has 0 bridgehead atoms. The molecule has 2 atom stereocenters. The average Bonchev–Trinajstić information content (AvgIpc) is 2.97. The van der Waals surface area contributed by atoms with E-state index < -0.39 is 22.9 Å². The number of rotatable bonds is 13. The molecule has 3 aromatic rings. The van der Waals surface area contributed by atoms with Gasteiger partial charge in [-0.15, -0.1) is 23.2 Å². The van der Waals surface area contributed by atoms with Gasteiger partial charge in [-0.1, -0.05) is 59.6 Å². The molecule has 0 radical (unpaired) electrons. The van der Waals surface area contributed by atoms with Crippen molar-refractivity contribution in [3.8, 4) is 0 Å². The lowest BCUT2D eigenvalue weighted by Gasteiger charge is -2.47. The first-order chi connectivity index (χ1) is 20.2. The summed E-state index contributed by atoms with van der Waals surface area (Å²) in [5.41, 5.74) is 3.69. The van der Waals surface area contributed by atoms with Gasteiger partial charge >= 0.3 is 0 Å². The van der Waals surface area contributed by atoms with Crippen molar-refractivity contribution in [2.45, 2.75) is 44.8 Å². The topological polar surface area (TPSA) is 117 Å². The summed E-state index contributed by atoms with van der Waals surface area (Å²) >= 11 is 12.1. The molecule has 4 rings (SSSR count). The summed E-state index contributed by atoms with van der Waals surface area (Å²) in [5, 5.41) is 21.8. The van der Waals surface area contributed by atoms with Gasteiger partial charge in [0.15, 0.2) is 0 Å². The number of aliphatic hydroxyl groups is 1. The number of carbonyl (C=O) groups is 1. The first kappa shape index (κ1) is 35.3. The summed E-state index contributed by atoms with van der Waals surface area (Å²) in [6, 6.07) is 20.0. The molecule has 0 spiro atoms. The van der Waals surface area contributed by atoms with Crippen LogP contribution in [-0.4, -0.2) is 64.2 Å². The number of halogens is 3. The molecule has 1 saturated heterocycles. The van der Waals surface area contributed by atoms with Crippen LogP contribution in [0.5, 0.6) is 0 Å². The van der Waals surface area contributed by atoms with Gasteiger partial charge in [0.05, 0.1) is 33.6 Å². The van der Waals surface area contributed by atoms with Gasteiger partial charge in [-0.2, -0.15) is 0 Å². The molecule has 8 nitrogen and oxygen atoms in total. The van der Waals surface area contributed by atoms with Crippen molar-refractivity contribution < 1.29 is 19.0 Å². The Balaban J connectivity index is 0.00000506. The zero-order chi connectivity index (χ0) is 30.1. The van der Waals surface area contributed by atoms with Crippen LogP contribution in [-0.2, 0) is 12.8 Å². The van der Waals surface area contributed by atoms with E-state index in [0.29, 0.717) is 65.2 Å². The molecule has 1 fully saturated rings. The van der Waals surface area contributed by atoms with E-state index in [-0.39, 0.29) is 24.9 Å². The molecule has 1 aliphatic heterocycles. The van der Waals surface area contributed by atoms with Gasteiger partial charge in [0.2, 0.25) is 0 Å². The molecule has 236 valence electrons. The van der Waals surface area contributed by atoms with Crippen LogP contribution in [0.1, 0.15) is 41.3 Å². The Bertz CT molecular complexity index is 1340. The third-order valence-corrected chi connectivity index (χ3v) is 9.91. The number of anilines is 2. The predicted octanol–water partition coefficient (Wildman–Crippen LogP) is 6.65. The lowest BCUT2D eigenvalue weighted by molar-refractivity contribution is 0.0831. The summed E-state index contributed by atoms with van der Waals surface area (Å²) in [4.78, 5) is 13.6. The highest BCUT2D eigenvalue weighted by atomic mass is 35.5. The number of hydrogen-bond acceptors (Lipinski definition) is 7. The number of aliphatic hydroxyl groups excluding tert-OH is 1. The van der Waals surface area contributed by atoms with E-state index >= 15 is 0 Å². The standard InChI is InChI=1S/C31H40Cl2N4O4S.ClH/c1-2-35-25-18-24(19-26(20-25)37-14-6-7-15-42(37,40)41)31(39)36-29(17-22-8-4-3-5-9-22)30(38)21-34-13-12-23-10-11-27(32)28(33)16-23;/h3-5,8-11,16,18-20,29-30,34-35,38,40-41H,2,6-7,12-15,17,21H2,1H3,(H,36,39);1H/t29-,30+;/m0./s1. The van der Waals surface area contributed by atoms with Crippen LogP contribution in [0.2, 0.25) is 10.0 Å². The third kappa shape index (κ3) is 10.2. The molecule has 12 heteroatoms. The molecule has 6 N–H and O–H groups in total. The number of benzene rings is 3. The van der Waals surface area contributed by atoms with E-state index in [1.807, 2.05) is 55.5 Å². The Morgan fingerprint density at radius 1 is 1.00 bits per heavy atom. The minimum atomic E-state index is -2.95. The molecular formula is C31H41Cl3N4O4S. The fourth-order valence-electron chi connectivity index (χ4n) is 5.02. The second-order valence-electron chi connectivity index (χ2n) is 10.5. The number of amides is 1. The Morgan fingerprint density at radius 3 is 2.47 bits per heavy atom. The fourth-order valence-corrected chi connectivity index (χ4v) is 7.02. The van der Waals surface area contributed by atoms with Crippen LogP contribution < -0.4 is 20.3 Å². The van der Waals surface area contributed by atoms with Crippen LogP contribution in [0.4, 0.5) is 11.4 Å². The highest BCUT2D eigenvalue weighted by Crippen LogP contribution is 2.50. The van der Waals surface area contributed by atoms with Crippen molar-refractivity contribution in [2.75, 3.05) is 41.6 Å². The molecule has 0 saturated carbocycles. The van der Waals surface area contributed by atoms with E-state index in [4.69, 9.17) is 23.2 Å². The number of nitrogens with zero attached hydrogens (tertiary/aromatic N) is 1. The molecular weight excluding hydrogens is 631 g/mol. The van der Waals surface area contributed by atoms with Gasteiger partial charge in [0.25, 0.3) is 5.91 Å². The maximum atomic E-state index is 13.6. The zero-order valence-electron chi connectivity index (χ0n) is 24.1. The van der Waals surface area contributed by atoms with E-state index in [1.165, 1.54) is 0 Å². The fraction of sp³-hybridized carbons (Fsp3) is 0.387. The Labute approximate surface area is 272 Å². The first-order valence-corrected chi connectivity index (χ1v) is 16.7. The van der Waals surface area contributed by atoms with E-state index in [1.54, 1.807) is 22.5 Å². The van der Waals surface area contributed by atoms with Crippen molar-refractivity contribution in [3.05, 3.63) is 93.5 Å². The maximum Gasteiger partial charge on any atom is 0.251 e. The summed E-state index contributed by atoms with van der Waals surface area (Å²) < 4.78 is 23.0. The van der Waals surface area contributed by atoms with Gasteiger partial charge in [0, 0.05) is 30.9 Å². The lowest BCUT2D eigenvalue weighted by Crippen LogP contribution is -2.49. The molecule has 0 aromatic heterocycles. The molecule has 1 heterocycles. The van der Waals surface area contributed by atoms with Gasteiger partial charge in [0.1, 0.15) is 0 Å². The van der Waals surface area contributed by atoms with Gasteiger partial charge < -0.3 is 21.1 Å². The molecule has 1 aliphatic rings. The minimum Gasteiger partial charge on any atom is -0.390 e. The highest BCUT2D eigenvalue weighted by molar-refractivity contribution is 8.25. The van der Waals surface area contributed by atoms with Crippen LogP contribution in [0, 0.1) is 0 Å². The summed E-state index contributed by atoms with van der Waals surface area (Å²) in [6.45, 7) is 3.99. The summed E-state index contributed by atoms with van der Waals surface area (Å²) in [7, 11) is -2.95. The Hall–Kier alpha value is -2.21. The third-order valence-electron chi connectivity index (χ3n) is 7.24. The van der Waals surface area contributed by atoms with Crippen molar-refractivity contribution in [1.82, 2.24) is 10.6 Å². The minimum absolute atomic E-state index is 0. The summed E-state index contributed by atoms with van der Waals surface area (Å²) in [5.74, 6) is -0.0381. The van der Waals surface area contributed by atoms with E-state index in [0.717, 1.165) is 24.0 Å². The average molecular weight is 672 g/mol. The lowest BCUT2D eigenvalue weighted by atomic mass is 10.00. The van der Waals surface area contributed by atoms with Crippen molar-refractivity contribution in [2.24, 2.45) is 0 Å². The Morgan fingerprint density at radius 2 is 1.77 bits per heavy atom. The SMILES string of the molecule is CCNc1cc(C(=O)N[C@@H](Cc2ccccc2)[C@H](O)CNCCc2ccc(Cl)c(Cl)c2)cc(N2CCCCS2(O)O)c1.Cl.